The second-order valence-corrected chi connectivity index (χ2v) is 5.24. The van der Waals surface area contributed by atoms with E-state index >= 15 is 0 Å². The first-order valence-corrected chi connectivity index (χ1v) is 6.72. The van der Waals surface area contributed by atoms with E-state index in [9.17, 15) is 4.79 Å². The minimum atomic E-state index is 0.0778. The van der Waals surface area contributed by atoms with E-state index in [1.165, 1.54) is 0 Å². The lowest BCUT2D eigenvalue weighted by molar-refractivity contribution is -0.134. The summed E-state index contributed by atoms with van der Waals surface area (Å²) < 4.78 is 5.65. The van der Waals surface area contributed by atoms with Crippen LogP contribution in [0.5, 0.6) is 5.75 Å². The second-order valence-electron chi connectivity index (χ2n) is 5.24. The molecule has 0 aliphatic carbocycles. The quantitative estimate of drug-likeness (QED) is 0.826. The van der Waals surface area contributed by atoms with E-state index in [1.807, 2.05) is 36.9 Å². The zero-order valence-electron chi connectivity index (χ0n) is 12.0. The molecular weight excluding hydrogens is 240 g/mol. The molecule has 4 heteroatoms. The first-order chi connectivity index (χ1) is 9.06. The predicted molar refractivity (Wildman–Crippen MR) is 75.5 cm³/mol. The van der Waals surface area contributed by atoms with Gasteiger partial charge in [0.25, 0.3) is 5.91 Å². The van der Waals surface area contributed by atoms with Crippen LogP contribution in [0.2, 0.25) is 0 Å². The van der Waals surface area contributed by atoms with E-state index in [2.05, 4.69) is 11.9 Å². The number of benzene rings is 1. The first-order valence-electron chi connectivity index (χ1n) is 6.72. The largest absolute Gasteiger partial charge is 0.483 e. The van der Waals surface area contributed by atoms with Crippen molar-refractivity contribution in [2.75, 3.05) is 39.8 Å². The van der Waals surface area contributed by atoms with E-state index in [-0.39, 0.29) is 12.5 Å². The van der Waals surface area contributed by atoms with Crippen molar-refractivity contribution in [3.8, 4) is 5.75 Å². The summed E-state index contributed by atoms with van der Waals surface area (Å²) in [6, 6.07) is 6.04. The second kappa shape index (κ2) is 6.06. The Labute approximate surface area is 115 Å². The first kappa shape index (κ1) is 13.9. The van der Waals surface area contributed by atoms with Gasteiger partial charge in [-0.05, 0) is 38.1 Å². The molecule has 1 amide bonds. The van der Waals surface area contributed by atoms with Crippen molar-refractivity contribution in [1.29, 1.82) is 0 Å². The Kier molecular flexibility index (Phi) is 4.43. The number of ether oxygens (including phenoxy) is 1. The molecule has 1 aliphatic heterocycles. The molecule has 104 valence electrons. The van der Waals surface area contributed by atoms with Crippen LogP contribution in [-0.4, -0.2) is 55.5 Å². The van der Waals surface area contributed by atoms with E-state index in [1.54, 1.807) is 0 Å². The number of piperazine rings is 1. The monoisotopic (exact) mass is 262 g/mol. The fraction of sp³-hybridized carbons (Fsp3) is 0.533. The van der Waals surface area contributed by atoms with Crippen LogP contribution in [0.15, 0.2) is 18.2 Å². The zero-order valence-corrected chi connectivity index (χ0v) is 12.0. The average molecular weight is 262 g/mol. The lowest BCUT2D eigenvalue weighted by Crippen LogP contribution is -2.48. The van der Waals surface area contributed by atoms with Gasteiger partial charge in [0.15, 0.2) is 6.61 Å². The maximum absolute atomic E-state index is 12.1. The van der Waals surface area contributed by atoms with Gasteiger partial charge in [0.2, 0.25) is 0 Å². The minimum Gasteiger partial charge on any atom is -0.483 e. The van der Waals surface area contributed by atoms with Crippen molar-refractivity contribution in [2.24, 2.45) is 0 Å². The Morgan fingerprint density at radius 3 is 2.58 bits per heavy atom. The molecule has 1 aromatic rings. The van der Waals surface area contributed by atoms with Crippen LogP contribution < -0.4 is 4.74 Å². The molecule has 1 saturated heterocycles. The van der Waals surface area contributed by atoms with Gasteiger partial charge in [0, 0.05) is 26.2 Å². The number of rotatable bonds is 3. The lowest BCUT2D eigenvalue weighted by atomic mass is 10.1. The van der Waals surface area contributed by atoms with Gasteiger partial charge in [-0.25, -0.2) is 0 Å². The van der Waals surface area contributed by atoms with Gasteiger partial charge >= 0.3 is 0 Å². The third kappa shape index (κ3) is 3.70. The Hall–Kier alpha value is -1.55. The standard InChI is InChI=1S/C15H22N2O2/c1-12-4-5-13(2)14(10-12)19-11-15(18)17-8-6-16(3)7-9-17/h4-5,10H,6-9,11H2,1-3H3. The summed E-state index contributed by atoms with van der Waals surface area (Å²) in [5, 5.41) is 0. The minimum absolute atomic E-state index is 0.0778. The summed E-state index contributed by atoms with van der Waals surface area (Å²) in [4.78, 5) is 16.2. The molecule has 1 aromatic carbocycles. The summed E-state index contributed by atoms with van der Waals surface area (Å²) in [6.45, 7) is 7.62. The maximum atomic E-state index is 12.1. The molecule has 0 unspecified atom stereocenters. The number of carbonyl (C=O) groups excluding carboxylic acids is 1. The molecular formula is C15H22N2O2. The number of hydrogen-bond acceptors (Lipinski definition) is 3. The van der Waals surface area contributed by atoms with Gasteiger partial charge in [0.05, 0.1) is 0 Å². The van der Waals surface area contributed by atoms with Gasteiger partial charge in [0.1, 0.15) is 5.75 Å². The van der Waals surface area contributed by atoms with Crippen LogP contribution in [-0.2, 0) is 4.79 Å². The van der Waals surface area contributed by atoms with Crippen molar-refractivity contribution >= 4 is 5.91 Å². The number of amides is 1. The van der Waals surface area contributed by atoms with Crippen molar-refractivity contribution in [3.05, 3.63) is 29.3 Å². The number of aryl methyl sites for hydroxylation is 2. The van der Waals surface area contributed by atoms with Gasteiger partial charge in [-0.15, -0.1) is 0 Å². The number of likely N-dealkylation sites (N-methyl/N-ethyl adjacent to an activating group) is 1. The summed E-state index contributed by atoms with van der Waals surface area (Å²) in [6.07, 6.45) is 0. The topological polar surface area (TPSA) is 32.8 Å². The van der Waals surface area contributed by atoms with E-state index < -0.39 is 0 Å². The van der Waals surface area contributed by atoms with Crippen molar-refractivity contribution in [3.63, 3.8) is 0 Å². The number of nitrogens with zero attached hydrogens (tertiary/aromatic N) is 2. The van der Waals surface area contributed by atoms with Crippen LogP contribution in [0, 0.1) is 13.8 Å². The molecule has 19 heavy (non-hydrogen) atoms. The molecule has 0 radical (unpaired) electrons. The molecule has 2 rings (SSSR count). The number of carbonyl (C=O) groups is 1. The third-order valence-corrected chi connectivity index (χ3v) is 3.55. The third-order valence-electron chi connectivity index (χ3n) is 3.55. The average Bonchev–Trinajstić information content (AvgIpc) is 2.40. The van der Waals surface area contributed by atoms with Crippen molar-refractivity contribution in [2.45, 2.75) is 13.8 Å². The highest BCUT2D eigenvalue weighted by atomic mass is 16.5. The molecule has 1 fully saturated rings. The summed E-state index contributed by atoms with van der Waals surface area (Å²) in [7, 11) is 2.08. The smallest absolute Gasteiger partial charge is 0.260 e. The van der Waals surface area contributed by atoms with Gasteiger partial charge in [-0.1, -0.05) is 12.1 Å². The Bertz CT molecular complexity index is 451. The highest BCUT2D eigenvalue weighted by Crippen LogP contribution is 2.19. The number of hydrogen-bond donors (Lipinski definition) is 0. The molecule has 0 spiro atoms. The van der Waals surface area contributed by atoms with Gasteiger partial charge in [-0.3, -0.25) is 4.79 Å². The van der Waals surface area contributed by atoms with Crippen LogP contribution >= 0.6 is 0 Å². The van der Waals surface area contributed by atoms with Gasteiger partial charge in [-0.2, -0.15) is 0 Å². The molecule has 4 nitrogen and oxygen atoms in total. The van der Waals surface area contributed by atoms with Crippen LogP contribution in [0.3, 0.4) is 0 Å². The van der Waals surface area contributed by atoms with Crippen LogP contribution in [0.4, 0.5) is 0 Å². The van der Waals surface area contributed by atoms with Crippen molar-refractivity contribution in [1.82, 2.24) is 9.80 Å². The van der Waals surface area contributed by atoms with E-state index in [4.69, 9.17) is 4.74 Å². The fourth-order valence-corrected chi connectivity index (χ4v) is 2.15. The molecule has 1 heterocycles. The molecule has 0 atom stereocenters. The SMILES string of the molecule is Cc1ccc(C)c(OCC(=O)N2CCN(C)CC2)c1. The normalized spacial score (nSPS) is 16.5. The van der Waals surface area contributed by atoms with Crippen molar-refractivity contribution < 1.29 is 9.53 Å². The molecule has 0 N–H and O–H groups in total. The summed E-state index contributed by atoms with van der Waals surface area (Å²) >= 11 is 0. The van der Waals surface area contributed by atoms with E-state index in [0.29, 0.717) is 0 Å². The Morgan fingerprint density at radius 1 is 1.21 bits per heavy atom. The molecule has 0 aromatic heterocycles. The predicted octanol–water partition coefficient (Wildman–Crippen LogP) is 1.46. The Balaban J connectivity index is 1.88. The fourth-order valence-electron chi connectivity index (χ4n) is 2.15. The molecule has 0 bridgehead atoms. The zero-order chi connectivity index (χ0) is 13.8. The molecule has 1 aliphatic rings. The van der Waals surface area contributed by atoms with E-state index in [0.717, 1.165) is 43.1 Å². The molecule has 0 saturated carbocycles. The highest BCUT2D eigenvalue weighted by Gasteiger charge is 2.19. The van der Waals surface area contributed by atoms with Gasteiger partial charge < -0.3 is 14.5 Å². The summed E-state index contributed by atoms with van der Waals surface area (Å²) in [5.74, 6) is 0.886. The summed E-state index contributed by atoms with van der Waals surface area (Å²) in [5.41, 5.74) is 2.21. The Morgan fingerprint density at radius 2 is 1.89 bits per heavy atom. The highest BCUT2D eigenvalue weighted by molar-refractivity contribution is 5.78. The maximum Gasteiger partial charge on any atom is 0.260 e. The van der Waals surface area contributed by atoms with Crippen LogP contribution in [0.1, 0.15) is 11.1 Å². The lowest BCUT2D eigenvalue weighted by Gasteiger charge is -2.32. The van der Waals surface area contributed by atoms with Crippen LogP contribution in [0.25, 0.3) is 0 Å².